The molecule has 0 atom stereocenters. The normalized spacial score (nSPS) is 14.7. The first kappa shape index (κ1) is 13.2. The Morgan fingerprint density at radius 3 is 3.11 bits per heavy atom. The summed E-state index contributed by atoms with van der Waals surface area (Å²) in [5.41, 5.74) is 3.09. The predicted octanol–water partition coefficient (Wildman–Crippen LogP) is 2.67. The first-order valence-corrected chi connectivity index (χ1v) is 6.03. The number of fused-ring (bicyclic) bond motifs is 1. The van der Waals surface area contributed by atoms with Gasteiger partial charge in [-0.3, -0.25) is 5.21 Å². The Balaban J connectivity index is 2.38. The fourth-order valence-corrected chi connectivity index (χ4v) is 1.94. The number of hydrogen-bond acceptors (Lipinski definition) is 4. The zero-order valence-corrected chi connectivity index (χ0v) is 10.7. The Morgan fingerprint density at radius 1 is 1.63 bits per heavy atom. The second-order valence-electron chi connectivity index (χ2n) is 4.06. The molecular weight excluding hydrogens is 244 g/mol. The zero-order chi connectivity index (χ0) is 13.8. The summed E-state index contributed by atoms with van der Waals surface area (Å²) in [4.78, 5) is 11.2. The van der Waals surface area contributed by atoms with Crippen LogP contribution in [0.5, 0.6) is 0 Å². The highest BCUT2D eigenvalue weighted by molar-refractivity contribution is 5.88. The first-order chi connectivity index (χ1) is 9.17. The Bertz CT molecular complexity index is 537. The van der Waals surface area contributed by atoms with Gasteiger partial charge in [0.25, 0.3) is 0 Å². The number of carbonyl (C=O) groups is 1. The maximum Gasteiger partial charge on any atom is 0.438 e. The molecule has 0 spiro atoms. The van der Waals surface area contributed by atoms with Crippen LogP contribution in [0.3, 0.4) is 0 Å². The highest BCUT2D eigenvalue weighted by Crippen LogP contribution is 2.28. The lowest BCUT2D eigenvalue weighted by molar-refractivity contribution is 0.105. The van der Waals surface area contributed by atoms with Gasteiger partial charge < -0.3 is 10.1 Å². The highest BCUT2D eigenvalue weighted by atomic mass is 16.6. The van der Waals surface area contributed by atoms with Crippen LogP contribution in [0.1, 0.15) is 18.1 Å². The molecule has 5 heteroatoms. The summed E-state index contributed by atoms with van der Waals surface area (Å²) in [5, 5.41) is 13.3. The van der Waals surface area contributed by atoms with Gasteiger partial charge in [0.2, 0.25) is 0 Å². The van der Waals surface area contributed by atoms with Crippen molar-refractivity contribution in [3.05, 3.63) is 48.1 Å². The molecule has 100 valence electrons. The molecule has 1 aliphatic rings. The number of anilines is 1. The fourth-order valence-electron chi connectivity index (χ4n) is 1.94. The first-order valence-electron chi connectivity index (χ1n) is 6.03. The minimum absolute atomic E-state index is 0.159. The molecule has 0 aromatic heterocycles. The molecule has 1 heterocycles. The average molecular weight is 260 g/mol. The van der Waals surface area contributed by atoms with Gasteiger partial charge in [0.05, 0.1) is 5.69 Å². The molecule has 1 aromatic carbocycles. The minimum Gasteiger partial charge on any atom is -0.443 e. The largest absolute Gasteiger partial charge is 0.443 e. The van der Waals surface area contributed by atoms with Gasteiger partial charge in [-0.1, -0.05) is 18.7 Å². The number of nitrogens with zero attached hydrogens (tertiary/aromatic N) is 1. The van der Waals surface area contributed by atoms with Gasteiger partial charge in [-0.15, -0.1) is 0 Å². The van der Waals surface area contributed by atoms with E-state index >= 15 is 0 Å². The van der Waals surface area contributed by atoms with Gasteiger partial charge >= 0.3 is 6.09 Å². The summed E-state index contributed by atoms with van der Waals surface area (Å²) >= 11 is 0. The minimum atomic E-state index is -0.756. The van der Waals surface area contributed by atoms with Crippen molar-refractivity contribution >= 4 is 17.5 Å². The summed E-state index contributed by atoms with van der Waals surface area (Å²) in [5.74, 6) is 0. The monoisotopic (exact) mass is 260 g/mol. The van der Waals surface area contributed by atoms with Crippen molar-refractivity contribution in [3.63, 3.8) is 0 Å². The average Bonchev–Trinajstić information content (AvgIpc) is 2.42. The summed E-state index contributed by atoms with van der Waals surface area (Å²) in [6, 6.07) is 5.40. The lowest BCUT2D eigenvalue weighted by Crippen LogP contribution is -2.32. The van der Waals surface area contributed by atoms with Crippen LogP contribution in [-0.4, -0.2) is 17.8 Å². The van der Waals surface area contributed by atoms with Crippen LogP contribution in [0.4, 0.5) is 10.5 Å². The van der Waals surface area contributed by atoms with E-state index in [0.717, 1.165) is 23.4 Å². The van der Waals surface area contributed by atoms with E-state index in [0.29, 0.717) is 10.8 Å². The van der Waals surface area contributed by atoms with Gasteiger partial charge in [-0.05, 0) is 30.7 Å². The van der Waals surface area contributed by atoms with Crippen LogP contribution in [-0.2, 0) is 11.3 Å². The standard InChI is InChI=1S/C14H16N2O3/c1-3-5-12(15-4-2)10-6-7-13-11(8-10)9-19-14(17)16(13)18/h3,5-8,15,18H,1,4,9H2,2H3/b12-5-. The second-order valence-corrected chi connectivity index (χ2v) is 4.06. The van der Waals surface area contributed by atoms with Crippen LogP contribution >= 0.6 is 0 Å². The molecule has 0 bridgehead atoms. The highest BCUT2D eigenvalue weighted by Gasteiger charge is 2.24. The van der Waals surface area contributed by atoms with Crippen LogP contribution in [0.15, 0.2) is 36.9 Å². The molecule has 0 fully saturated rings. The third-order valence-corrected chi connectivity index (χ3v) is 2.79. The molecule has 0 saturated heterocycles. The number of amides is 1. The number of hydrogen-bond donors (Lipinski definition) is 2. The lowest BCUT2D eigenvalue weighted by Gasteiger charge is -2.24. The van der Waals surface area contributed by atoms with E-state index in [-0.39, 0.29) is 6.61 Å². The quantitative estimate of drug-likeness (QED) is 0.645. The molecule has 0 radical (unpaired) electrons. The molecule has 5 nitrogen and oxygen atoms in total. The Kier molecular flexibility index (Phi) is 3.87. The molecule has 1 aromatic rings. The molecule has 1 amide bonds. The smallest absolute Gasteiger partial charge is 0.438 e. The number of rotatable bonds is 4. The number of ether oxygens (including phenoxy) is 1. The summed E-state index contributed by atoms with van der Waals surface area (Å²) in [6.45, 7) is 6.64. The number of carbonyl (C=O) groups excluding carboxylic acids is 1. The molecular formula is C14H16N2O3. The van der Waals surface area contributed by atoms with E-state index in [1.54, 1.807) is 12.1 Å². The molecule has 19 heavy (non-hydrogen) atoms. The molecule has 2 rings (SSSR count). The maximum atomic E-state index is 11.2. The van der Waals surface area contributed by atoms with Crippen LogP contribution in [0.2, 0.25) is 0 Å². The lowest BCUT2D eigenvalue weighted by atomic mass is 10.0. The summed E-state index contributed by atoms with van der Waals surface area (Å²) < 4.78 is 4.85. The van der Waals surface area contributed by atoms with Crippen molar-refractivity contribution in [2.45, 2.75) is 13.5 Å². The number of allylic oxidation sites excluding steroid dienone is 2. The van der Waals surface area contributed by atoms with Crippen molar-refractivity contribution in [2.75, 3.05) is 11.6 Å². The molecule has 2 N–H and O–H groups in total. The summed E-state index contributed by atoms with van der Waals surface area (Å²) in [6.07, 6.45) is 2.82. The van der Waals surface area contributed by atoms with Crippen molar-refractivity contribution < 1.29 is 14.7 Å². The zero-order valence-electron chi connectivity index (χ0n) is 10.7. The van der Waals surface area contributed by atoms with E-state index in [1.165, 1.54) is 0 Å². The van der Waals surface area contributed by atoms with Crippen molar-refractivity contribution in [1.82, 2.24) is 5.32 Å². The molecule has 0 unspecified atom stereocenters. The third-order valence-electron chi connectivity index (χ3n) is 2.79. The van der Waals surface area contributed by atoms with E-state index < -0.39 is 6.09 Å². The van der Waals surface area contributed by atoms with E-state index in [2.05, 4.69) is 11.9 Å². The maximum absolute atomic E-state index is 11.2. The Morgan fingerprint density at radius 2 is 2.42 bits per heavy atom. The van der Waals surface area contributed by atoms with E-state index in [9.17, 15) is 10.0 Å². The van der Waals surface area contributed by atoms with Gasteiger partial charge in [-0.2, -0.15) is 5.06 Å². The number of cyclic esters (lactones) is 1. The predicted molar refractivity (Wildman–Crippen MR) is 72.7 cm³/mol. The van der Waals surface area contributed by atoms with Gasteiger partial charge in [0.15, 0.2) is 0 Å². The van der Waals surface area contributed by atoms with Gasteiger partial charge in [-0.25, -0.2) is 4.79 Å². The SMILES string of the molecule is C=C/C=C(\NCC)c1ccc2c(c1)COC(=O)N2O. The third kappa shape index (κ3) is 2.61. The Hall–Kier alpha value is -2.27. The van der Waals surface area contributed by atoms with Crippen molar-refractivity contribution in [1.29, 1.82) is 0 Å². The fraction of sp³-hybridized carbons (Fsp3) is 0.214. The number of benzene rings is 1. The van der Waals surface area contributed by atoms with Crippen molar-refractivity contribution in [2.24, 2.45) is 0 Å². The Labute approximate surface area is 111 Å². The van der Waals surface area contributed by atoms with Crippen LogP contribution in [0.25, 0.3) is 5.70 Å². The molecule has 1 aliphatic heterocycles. The van der Waals surface area contributed by atoms with Crippen molar-refractivity contribution in [3.8, 4) is 0 Å². The number of hydroxylamine groups is 1. The van der Waals surface area contributed by atoms with Gasteiger partial charge in [0, 0.05) is 17.8 Å². The van der Waals surface area contributed by atoms with Crippen LogP contribution in [0, 0.1) is 0 Å². The summed E-state index contributed by atoms with van der Waals surface area (Å²) in [7, 11) is 0. The van der Waals surface area contributed by atoms with Crippen LogP contribution < -0.4 is 10.4 Å². The second kappa shape index (κ2) is 5.58. The molecule has 0 saturated carbocycles. The topological polar surface area (TPSA) is 61.8 Å². The van der Waals surface area contributed by atoms with E-state index in [4.69, 9.17) is 4.74 Å². The van der Waals surface area contributed by atoms with E-state index in [1.807, 2.05) is 25.1 Å². The van der Waals surface area contributed by atoms with Gasteiger partial charge in [0.1, 0.15) is 6.61 Å². The number of nitrogens with one attached hydrogen (secondary N) is 1. The molecule has 0 aliphatic carbocycles.